The zero-order chi connectivity index (χ0) is 22.9. The van der Waals surface area contributed by atoms with E-state index in [-0.39, 0.29) is 28.9 Å². The van der Waals surface area contributed by atoms with Crippen molar-refractivity contribution in [2.24, 2.45) is 5.92 Å². The third-order valence-electron chi connectivity index (χ3n) is 5.00. The van der Waals surface area contributed by atoms with Gasteiger partial charge < -0.3 is 14.8 Å². The molecule has 5 nitrogen and oxygen atoms in total. The number of hydrogen-bond donors (Lipinski definition) is 1. The lowest BCUT2D eigenvalue weighted by molar-refractivity contribution is -0.140. The predicted molar refractivity (Wildman–Crippen MR) is 111 cm³/mol. The number of amides is 1. The van der Waals surface area contributed by atoms with E-state index in [1.54, 1.807) is 37.3 Å². The number of benzene rings is 2. The van der Waals surface area contributed by atoms with Crippen LogP contribution in [0.1, 0.15) is 24.1 Å². The smallest absolute Gasteiger partial charge is 0.434 e. The number of thiazole rings is 1. The van der Waals surface area contributed by atoms with Crippen LogP contribution in [-0.4, -0.2) is 17.0 Å². The monoisotopic (exact) mass is 466 g/mol. The highest BCUT2D eigenvalue weighted by atomic mass is 32.1. The van der Waals surface area contributed by atoms with Gasteiger partial charge in [0.2, 0.25) is 5.91 Å². The van der Waals surface area contributed by atoms with Gasteiger partial charge in [0.05, 0.1) is 0 Å². The number of anilines is 1. The molecule has 0 unspecified atom stereocenters. The molecule has 0 aliphatic heterocycles. The minimum atomic E-state index is -4.52. The van der Waals surface area contributed by atoms with Gasteiger partial charge in [-0.05, 0) is 67.8 Å². The van der Waals surface area contributed by atoms with Crippen molar-refractivity contribution in [2.45, 2.75) is 32.0 Å². The average molecular weight is 466 g/mol. The fourth-order valence-electron chi connectivity index (χ4n) is 3.20. The molecule has 32 heavy (non-hydrogen) atoms. The summed E-state index contributed by atoms with van der Waals surface area (Å²) < 4.78 is 62.1. The Hall–Kier alpha value is -3.14. The molecule has 1 heterocycles. The summed E-state index contributed by atoms with van der Waals surface area (Å²) in [4.78, 5) is 15.9. The van der Waals surface area contributed by atoms with Crippen LogP contribution in [-0.2, 0) is 11.0 Å². The molecule has 0 spiro atoms. The second-order valence-corrected chi connectivity index (χ2v) is 8.25. The molecular formula is C22H18F4N2O3S. The molecule has 4 rings (SSSR count). The molecule has 0 bridgehead atoms. The molecule has 168 valence electrons. The number of carbonyl (C=O) groups is 1. The lowest BCUT2D eigenvalue weighted by atomic mass is 9.81. The molecule has 1 N–H and O–H groups in total. The highest BCUT2D eigenvalue weighted by Gasteiger charge is 2.36. The molecule has 0 saturated heterocycles. The molecular weight excluding hydrogens is 448 g/mol. The summed E-state index contributed by atoms with van der Waals surface area (Å²) in [6.07, 6.45) is -3.52. The molecule has 1 saturated carbocycles. The van der Waals surface area contributed by atoms with Crippen molar-refractivity contribution in [3.8, 4) is 16.7 Å². The van der Waals surface area contributed by atoms with Gasteiger partial charge in [0.1, 0.15) is 23.4 Å². The zero-order valence-corrected chi connectivity index (χ0v) is 17.6. The highest BCUT2D eigenvalue weighted by Crippen LogP contribution is 2.36. The molecule has 1 amide bonds. The predicted octanol–water partition coefficient (Wildman–Crippen LogP) is 6.20. The number of nitrogens with one attached hydrogen (secondary N) is 1. The van der Waals surface area contributed by atoms with Crippen LogP contribution < -0.4 is 14.8 Å². The highest BCUT2D eigenvalue weighted by molar-refractivity contribution is 7.11. The Balaban J connectivity index is 1.29. The van der Waals surface area contributed by atoms with E-state index in [0.717, 1.165) is 16.7 Å². The Bertz CT molecular complexity index is 1110. The number of nitrogens with zero attached hydrogens (tertiary/aromatic N) is 1. The summed E-state index contributed by atoms with van der Waals surface area (Å²) in [7, 11) is 0. The lowest BCUT2D eigenvalue weighted by Crippen LogP contribution is -2.40. The lowest BCUT2D eigenvalue weighted by Gasteiger charge is -2.34. The van der Waals surface area contributed by atoms with Gasteiger partial charge in [-0.3, -0.25) is 4.79 Å². The van der Waals surface area contributed by atoms with Gasteiger partial charge in [-0.25, -0.2) is 4.39 Å². The van der Waals surface area contributed by atoms with Gasteiger partial charge in [-0.15, -0.1) is 0 Å². The molecule has 1 aliphatic carbocycles. The molecule has 0 radical (unpaired) electrons. The average Bonchev–Trinajstić information content (AvgIpc) is 3.17. The van der Waals surface area contributed by atoms with E-state index in [0.29, 0.717) is 35.6 Å². The Morgan fingerprint density at radius 3 is 2.50 bits per heavy atom. The second kappa shape index (κ2) is 8.78. The SMILES string of the molecule is Cc1cc(NC(=O)C2CC(Oc3ccc(F)cc3)C2)ccc1Oc1nc(C(F)(F)F)cs1. The minimum Gasteiger partial charge on any atom is -0.490 e. The van der Waals surface area contributed by atoms with Gasteiger partial charge in [0.15, 0.2) is 5.69 Å². The Kier molecular flexibility index (Phi) is 6.05. The molecule has 2 aromatic carbocycles. The van der Waals surface area contributed by atoms with Crippen molar-refractivity contribution in [1.82, 2.24) is 4.98 Å². The quantitative estimate of drug-likeness (QED) is 0.440. The standard InChI is InChI=1S/C22H18F4N2O3S/c1-12-8-15(4-7-18(12)31-21-28-19(11-32-21)22(24,25)26)27-20(29)13-9-17(10-13)30-16-5-2-14(23)3-6-16/h2-8,11,13,17H,9-10H2,1H3,(H,27,29). The summed E-state index contributed by atoms with van der Waals surface area (Å²) in [5.41, 5.74) is 0.191. The van der Waals surface area contributed by atoms with Crippen molar-refractivity contribution in [2.75, 3.05) is 5.32 Å². The third kappa shape index (κ3) is 5.18. The molecule has 1 aromatic heterocycles. The van der Waals surface area contributed by atoms with E-state index in [4.69, 9.17) is 9.47 Å². The second-order valence-electron chi connectivity index (χ2n) is 7.43. The largest absolute Gasteiger partial charge is 0.490 e. The summed E-state index contributed by atoms with van der Waals surface area (Å²) in [5.74, 6) is 0.221. The third-order valence-corrected chi connectivity index (χ3v) is 5.71. The molecule has 10 heteroatoms. The van der Waals surface area contributed by atoms with E-state index in [1.807, 2.05) is 0 Å². The van der Waals surface area contributed by atoms with E-state index in [2.05, 4.69) is 10.3 Å². The van der Waals surface area contributed by atoms with Gasteiger partial charge in [-0.2, -0.15) is 18.2 Å². The zero-order valence-electron chi connectivity index (χ0n) is 16.8. The number of ether oxygens (including phenoxy) is 2. The number of rotatable bonds is 6. The Morgan fingerprint density at radius 1 is 1.16 bits per heavy atom. The van der Waals surface area contributed by atoms with Crippen LogP contribution in [0.5, 0.6) is 16.7 Å². The molecule has 1 fully saturated rings. The first-order valence-corrected chi connectivity index (χ1v) is 10.6. The van der Waals surface area contributed by atoms with E-state index >= 15 is 0 Å². The van der Waals surface area contributed by atoms with Crippen LogP contribution in [0.2, 0.25) is 0 Å². The van der Waals surface area contributed by atoms with Crippen LogP contribution in [0.3, 0.4) is 0 Å². The first-order chi connectivity index (χ1) is 15.2. The topological polar surface area (TPSA) is 60.5 Å². The van der Waals surface area contributed by atoms with Crippen molar-refractivity contribution >= 4 is 22.9 Å². The van der Waals surface area contributed by atoms with Crippen LogP contribution in [0.4, 0.5) is 23.2 Å². The maximum absolute atomic E-state index is 12.9. The van der Waals surface area contributed by atoms with Gasteiger partial charge in [-0.1, -0.05) is 11.3 Å². The summed E-state index contributed by atoms with van der Waals surface area (Å²) in [6.45, 7) is 1.72. The summed E-state index contributed by atoms with van der Waals surface area (Å²) in [5, 5.41) is 3.61. The van der Waals surface area contributed by atoms with Crippen molar-refractivity contribution < 1.29 is 31.8 Å². The van der Waals surface area contributed by atoms with Crippen molar-refractivity contribution in [3.63, 3.8) is 0 Å². The molecule has 0 atom stereocenters. The van der Waals surface area contributed by atoms with Gasteiger partial charge in [0, 0.05) is 17.0 Å². The maximum atomic E-state index is 12.9. The first kappa shape index (κ1) is 22.1. The minimum absolute atomic E-state index is 0.103. The summed E-state index contributed by atoms with van der Waals surface area (Å²) >= 11 is 0.757. The fraction of sp³-hybridized carbons (Fsp3) is 0.273. The molecule has 3 aromatic rings. The number of halogens is 4. The van der Waals surface area contributed by atoms with E-state index in [1.165, 1.54) is 12.1 Å². The maximum Gasteiger partial charge on any atom is 0.434 e. The first-order valence-electron chi connectivity index (χ1n) is 9.71. The summed E-state index contributed by atoms with van der Waals surface area (Å²) in [6, 6.07) is 10.6. The number of hydrogen-bond acceptors (Lipinski definition) is 5. The number of aryl methyl sites for hydroxylation is 1. The molecule has 1 aliphatic rings. The number of aromatic nitrogens is 1. The van der Waals surface area contributed by atoms with Crippen molar-refractivity contribution in [1.29, 1.82) is 0 Å². The van der Waals surface area contributed by atoms with Crippen LogP contribution in [0, 0.1) is 18.7 Å². The van der Waals surface area contributed by atoms with E-state index < -0.39 is 11.9 Å². The Morgan fingerprint density at radius 2 is 1.88 bits per heavy atom. The van der Waals surface area contributed by atoms with Gasteiger partial charge in [0.25, 0.3) is 5.19 Å². The normalized spacial score (nSPS) is 18.0. The number of alkyl halides is 3. The fourth-order valence-corrected chi connectivity index (χ4v) is 3.88. The van der Waals surface area contributed by atoms with Crippen LogP contribution in [0.25, 0.3) is 0 Å². The van der Waals surface area contributed by atoms with Crippen LogP contribution in [0.15, 0.2) is 47.8 Å². The van der Waals surface area contributed by atoms with Crippen molar-refractivity contribution in [3.05, 3.63) is 64.9 Å². The van der Waals surface area contributed by atoms with Gasteiger partial charge >= 0.3 is 6.18 Å². The number of carbonyl (C=O) groups excluding carboxylic acids is 1. The Labute approximate surface area is 185 Å². The van der Waals surface area contributed by atoms with Crippen LogP contribution >= 0.6 is 11.3 Å². The van der Waals surface area contributed by atoms with E-state index in [9.17, 15) is 22.4 Å².